The smallest absolute Gasteiger partial charge is 0.315 e. The number of benzene rings is 1. The molecule has 1 heterocycles. The van der Waals surface area contributed by atoms with Gasteiger partial charge in [-0.3, -0.25) is 4.79 Å². The van der Waals surface area contributed by atoms with E-state index in [-0.39, 0.29) is 23.4 Å². The van der Waals surface area contributed by atoms with Gasteiger partial charge in [0.05, 0.1) is 0 Å². The summed E-state index contributed by atoms with van der Waals surface area (Å²) >= 11 is 0. The second-order valence-electron chi connectivity index (χ2n) is 7.45. The average Bonchev–Trinajstić information content (AvgIpc) is 3.00. The number of carbonyl (C=O) groups excluding carboxylic acids is 2. The Bertz CT molecular complexity index is 575. The molecule has 1 aliphatic rings. The molecule has 0 saturated carbocycles. The molecule has 132 valence electrons. The third kappa shape index (κ3) is 4.98. The van der Waals surface area contributed by atoms with E-state index in [1.54, 1.807) is 0 Å². The molecule has 0 radical (unpaired) electrons. The van der Waals surface area contributed by atoms with Crippen LogP contribution in [0, 0.1) is 0 Å². The summed E-state index contributed by atoms with van der Waals surface area (Å²) in [5, 5.41) is 5.84. The van der Waals surface area contributed by atoms with E-state index in [4.69, 9.17) is 0 Å². The summed E-state index contributed by atoms with van der Waals surface area (Å²) in [6.07, 6.45) is 1.34. The van der Waals surface area contributed by atoms with Crippen molar-refractivity contribution >= 4 is 11.9 Å². The number of rotatable bonds is 4. The Morgan fingerprint density at radius 1 is 1.21 bits per heavy atom. The monoisotopic (exact) mass is 331 g/mol. The molecule has 24 heavy (non-hydrogen) atoms. The lowest BCUT2D eigenvalue weighted by Gasteiger charge is -2.19. The number of hydrogen-bond donors (Lipinski definition) is 2. The molecule has 5 nitrogen and oxygen atoms in total. The topological polar surface area (TPSA) is 61.4 Å². The summed E-state index contributed by atoms with van der Waals surface area (Å²) in [7, 11) is 0. The van der Waals surface area contributed by atoms with Crippen LogP contribution < -0.4 is 10.6 Å². The predicted octanol–water partition coefficient (Wildman–Crippen LogP) is 2.79. The van der Waals surface area contributed by atoms with Crippen molar-refractivity contribution < 1.29 is 9.59 Å². The Balaban J connectivity index is 1.77. The van der Waals surface area contributed by atoms with Crippen molar-refractivity contribution in [3.8, 4) is 0 Å². The van der Waals surface area contributed by atoms with Crippen LogP contribution in [0.3, 0.4) is 0 Å². The Morgan fingerprint density at radius 2 is 1.88 bits per heavy atom. The second-order valence-corrected chi connectivity index (χ2v) is 7.45. The van der Waals surface area contributed by atoms with Crippen molar-refractivity contribution in [2.45, 2.75) is 58.5 Å². The lowest BCUT2D eigenvalue weighted by molar-refractivity contribution is -0.129. The number of amides is 3. The van der Waals surface area contributed by atoms with Crippen LogP contribution in [0.15, 0.2) is 24.3 Å². The summed E-state index contributed by atoms with van der Waals surface area (Å²) in [4.78, 5) is 25.5. The number of urea groups is 1. The summed E-state index contributed by atoms with van der Waals surface area (Å²) < 4.78 is 0. The molecule has 1 fully saturated rings. The Morgan fingerprint density at radius 3 is 2.46 bits per heavy atom. The van der Waals surface area contributed by atoms with Gasteiger partial charge in [-0.1, -0.05) is 52.0 Å². The van der Waals surface area contributed by atoms with Gasteiger partial charge in [0, 0.05) is 32.1 Å². The maximum Gasteiger partial charge on any atom is 0.315 e. The molecule has 0 aliphatic carbocycles. The molecular formula is C19H29N3O2. The largest absolute Gasteiger partial charge is 0.341 e. The molecule has 1 aromatic carbocycles. The molecular weight excluding hydrogens is 302 g/mol. The van der Waals surface area contributed by atoms with Gasteiger partial charge in [0.1, 0.15) is 0 Å². The summed E-state index contributed by atoms with van der Waals surface area (Å²) in [5.41, 5.74) is 2.49. The zero-order valence-electron chi connectivity index (χ0n) is 15.2. The molecule has 1 saturated heterocycles. The van der Waals surface area contributed by atoms with Crippen molar-refractivity contribution in [1.29, 1.82) is 0 Å². The third-order valence-corrected chi connectivity index (χ3v) is 4.45. The van der Waals surface area contributed by atoms with E-state index in [9.17, 15) is 9.59 Å². The minimum absolute atomic E-state index is 0.0452. The van der Waals surface area contributed by atoms with Crippen LogP contribution in [0.5, 0.6) is 0 Å². The molecule has 3 amide bonds. The Hall–Kier alpha value is -2.04. The maximum absolute atomic E-state index is 12.0. The quantitative estimate of drug-likeness (QED) is 0.891. The van der Waals surface area contributed by atoms with Gasteiger partial charge >= 0.3 is 6.03 Å². The molecule has 5 heteroatoms. The van der Waals surface area contributed by atoms with E-state index >= 15 is 0 Å². The fraction of sp³-hybridized carbons (Fsp3) is 0.579. The lowest BCUT2D eigenvalue weighted by Crippen LogP contribution is -2.43. The van der Waals surface area contributed by atoms with Crippen LogP contribution in [0.1, 0.15) is 51.7 Å². The summed E-state index contributed by atoms with van der Waals surface area (Å²) in [6.45, 7) is 10.2. The zero-order chi connectivity index (χ0) is 17.7. The highest BCUT2D eigenvalue weighted by Crippen LogP contribution is 2.22. The van der Waals surface area contributed by atoms with Gasteiger partial charge in [-0.15, -0.1) is 0 Å². The van der Waals surface area contributed by atoms with Crippen LogP contribution in [0.25, 0.3) is 0 Å². The number of carbonyl (C=O) groups is 2. The van der Waals surface area contributed by atoms with Gasteiger partial charge < -0.3 is 15.5 Å². The van der Waals surface area contributed by atoms with E-state index in [2.05, 4.69) is 55.7 Å². The van der Waals surface area contributed by atoms with Gasteiger partial charge in [0.15, 0.2) is 0 Å². The Kier molecular flexibility index (Phi) is 5.86. The first kappa shape index (κ1) is 18.3. The molecule has 0 spiro atoms. The molecule has 1 aromatic rings. The first-order chi connectivity index (χ1) is 11.3. The van der Waals surface area contributed by atoms with Crippen LogP contribution in [-0.4, -0.2) is 36.0 Å². The molecule has 2 N–H and O–H groups in total. The lowest BCUT2D eigenvalue weighted by atomic mass is 9.87. The number of likely N-dealkylation sites (tertiary alicyclic amines) is 1. The second kappa shape index (κ2) is 7.69. The molecule has 1 atom stereocenters. The highest BCUT2D eigenvalue weighted by molar-refractivity contribution is 5.77. The molecule has 0 unspecified atom stereocenters. The van der Waals surface area contributed by atoms with Gasteiger partial charge in [-0.25, -0.2) is 4.79 Å². The van der Waals surface area contributed by atoms with Gasteiger partial charge in [-0.05, 0) is 23.0 Å². The fourth-order valence-electron chi connectivity index (χ4n) is 2.87. The van der Waals surface area contributed by atoms with E-state index < -0.39 is 0 Å². The van der Waals surface area contributed by atoms with Crippen molar-refractivity contribution in [2.75, 3.05) is 13.1 Å². The highest BCUT2D eigenvalue weighted by Gasteiger charge is 2.26. The zero-order valence-corrected chi connectivity index (χ0v) is 15.2. The first-order valence-electron chi connectivity index (χ1n) is 8.71. The highest BCUT2D eigenvalue weighted by atomic mass is 16.2. The van der Waals surface area contributed by atoms with Crippen molar-refractivity contribution in [3.63, 3.8) is 0 Å². The van der Waals surface area contributed by atoms with Gasteiger partial charge in [0.25, 0.3) is 0 Å². The van der Waals surface area contributed by atoms with Crippen LogP contribution >= 0.6 is 0 Å². The molecule has 2 rings (SSSR count). The SMILES string of the molecule is CCC(=O)N1CC[C@@H](NC(=O)NCc2ccc(C(C)(C)C)cc2)C1. The molecule has 1 aliphatic heterocycles. The number of nitrogens with one attached hydrogen (secondary N) is 2. The number of nitrogens with zero attached hydrogens (tertiary/aromatic N) is 1. The summed E-state index contributed by atoms with van der Waals surface area (Å²) in [5.74, 6) is 0.152. The van der Waals surface area contributed by atoms with Gasteiger partial charge in [-0.2, -0.15) is 0 Å². The van der Waals surface area contributed by atoms with Crippen molar-refractivity contribution in [1.82, 2.24) is 15.5 Å². The van der Waals surface area contributed by atoms with Crippen LogP contribution in [0.2, 0.25) is 0 Å². The van der Waals surface area contributed by atoms with E-state index in [1.807, 2.05) is 11.8 Å². The average molecular weight is 331 g/mol. The molecule has 0 bridgehead atoms. The van der Waals surface area contributed by atoms with E-state index in [1.165, 1.54) is 5.56 Å². The Labute approximate surface area is 144 Å². The van der Waals surface area contributed by atoms with E-state index in [0.29, 0.717) is 19.5 Å². The predicted molar refractivity (Wildman–Crippen MR) is 95.8 cm³/mol. The first-order valence-corrected chi connectivity index (χ1v) is 8.71. The van der Waals surface area contributed by atoms with Gasteiger partial charge in [0.2, 0.25) is 5.91 Å². The fourth-order valence-corrected chi connectivity index (χ4v) is 2.87. The van der Waals surface area contributed by atoms with Crippen LogP contribution in [-0.2, 0) is 16.8 Å². The minimum atomic E-state index is -0.175. The van der Waals surface area contributed by atoms with Crippen molar-refractivity contribution in [2.24, 2.45) is 0 Å². The normalized spacial score (nSPS) is 17.7. The maximum atomic E-state index is 12.0. The molecule has 0 aromatic heterocycles. The number of hydrogen-bond acceptors (Lipinski definition) is 2. The summed E-state index contributed by atoms with van der Waals surface area (Å²) in [6, 6.07) is 8.20. The van der Waals surface area contributed by atoms with Crippen LogP contribution in [0.4, 0.5) is 4.79 Å². The van der Waals surface area contributed by atoms with Crippen molar-refractivity contribution in [3.05, 3.63) is 35.4 Å². The standard InChI is InChI=1S/C19H29N3O2/c1-5-17(23)22-11-10-16(13-22)21-18(24)20-12-14-6-8-15(9-7-14)19(2,3)4/h6-9,16H,5,10-13H2,1-4H3,(H2,20,21,24)/t16-/m1/s1. The minimum Gasteiger partial charge on any atom is -0.341 e. The van der Waals surface area contributed by atoms with E-state index in [0.717, 1.165) is 18.5 Å². The third-order valence-electron chi connectivity index (χ3n) is 4.45.